The minimum atomic E-state index is -0.381. The second kappa shape index (κ2) is 10.3. The highest BCUT2D eigenvalue weighted by molar-refractivity contribution is 7.98. The Morgan fingerprint density at radius 3 is 2.12 bits per heavy atom. The van der Waals surface area contributed by atoms with Gasteiger partial charge in [-0.05, 0) is 49.7 Å². The second-order valence-electron chi connectivity index (χ2n) is 7.88. The number of fused-ring (bicyclic) bond motifs is 1. The Labute approximate surface area is 197 Å². The standard InChI is InChI=1S/C26H27N3OS2/c1-28(2)16-17-29(26-27-22-15-14-21(31-3)18-23(22)32-26)25(30)24(19-10-6-4-7-11-19)20-12-8-5-9-13-20/h4-15,18,24H,16-17H2,1-3H3. The number of amides is 1. The van der Waals surface area contributed by atoms with Gasteiger partial charge < -0.3 is 4.90 Å². The van der Waals surface area contributed by atoms with Gasteiger partial charge in [-0.25, -0.2) is 4.98 Å². The summed E-state index contributed by atoms with van der Waals surface area (Å²) in [4.78, 5) is 24.1. The number of aromatic nitrogens is 1. The maximum Gasteiger partial charge on any atom is 0.240 e. The number of hydrogen-bond donors (Lipinski definition) is 0. The molecule has 4 rings (SSSR count). The van der Waals surface area contributed by atoms with Crippen LogP contribution in [0.5, 0.6) is 0 Å². The lowest BCUT2D eigenvalue weighted by atomic mass is 9.90. The van der Waals surface area contributed by atoms with Crippen molar-refractivity contribution in [2.24, 2.45) is 0 Å². The van der Waals surface area contributed by atoms with Gasteiger partial charge in [0.25, 0.3) is 0 Å². The van der Waals surface area contributed by atoms with Crippen LogP contribution in [-0.2, 0) is 4.79 Å². The minimum absolute atomic E-state index is 0.0494. The lowest BCUT2D eigenvalue weighted by molar-refractivity contribution is -0.119. The lowest BCUT2D eigenvalue weighted by Crippen LogP contribution is -2.40. The number of thioether (sulfide) groups is 1. The number of likely N-dealkylation sites (N-methyl/N-ethyl adjacent to an activating group) is 1. The SMILES string of the molecule is CSc1ccc2nc(N(CCN(C)C)C(=O)C(c3ccccc3)c3ccccc3)sc2c1. The van der Waals surface area contributed by atoms with E-state index < -0.39 is 0 Å². The van der Waals surface area contributed by atoms with Crippen molar-refractivity contribution in [3.05, 3.63) is 90.0 Å². The fourth-order valence-corrected chi connectivity index (χ4v) is 5.21. The zero-order chi connectivity index (χ0) is 22.5. The number of thiazole rings is 1. The highest BCUT2D eigenvalue weighted by atomic mass is 32.2. The van der Waals surface area contributed by atoms with Crippen LogP contribution in [0.3, 0.4) is 0 Å². The van der Waals surface area contributed by atoms with Gasteiger partial charge in [0.05, 0.1) is 16.1 Å². The van der Waals surface area contributed by atoms with Crippen LogP contribution in [0, 0.1) is 0 Å². The van der Waals surface area contributed by atoms with Crippen molar-refractivity contribution in [3.63, 3.8) is 0 Å². The third kappa shape index (κ3) is 5.04. The fourth-order valence-electron chi connectivity index (χ4n) is 3.66. The third-order valence-electron chi connectivity index (χ3n) is 5.36. The first-order valence-corrected chi connectivity index (χ1v) is 12.6. The predicted molar refractivity (Wildman–Crippen MR) is 137 cm³/mol. The van der Waals surface area contributed by atoms with Crippen LogP contribution >= 0.6 is 23.1 Å². The van der Waals surface area contributed by atoms with Crippen molar-refractivity contribution in [3.8, 4) is 0 Å². The van der Waals surface area contributed by atoms with Gasteiger partial charge in [0.15, 0.2) is 5.13 Å². The van der Waals surface area contributed by atoms with E-state index in [0.29, 0.717) is 6.54 Å². The Morgan fingerprint density at radius 1 is 0.938 bits per heavy atom. The van der Waals surface area contributed by atoms with E-state index in [1.54, 1.807) is 23.1 Å². The summed E-state index contributed by atoms with van der Waals surface area (Å²) >= 11 is 3.30. The summed E-state index contributed by atoms with van der Waals surface area (Å²) in [6.07, 6.45) is 2.07. The Kier molecular flexibility index (Phi) is 7.25. The predicted octanol–water partition coefficient (Wildman–Crippen LogP) is 5.74. The average molecular weight is 462 g/mol. The Morgan fingerprint density at radius 2 is 1.56 bits per heavy atom. The molecule has 32 heavy (non-hydrogen) atoms. The molecule has 0 N–H and O–H groups in total. The van der Waals surface area contributed by atoms with E-state index in [1.807, 2.05) is 85.7 Å². The van der Waals surface area contributed by atoms with Gasteiger partial charge in [-0.15, -0.1) is 11.8 Å². The first-order valence-electron chi connectivity index (χ1n) is 10.6. The average Bonchev–Trinajstić information content (AvgIpc) is 3.23. The number of hydrogen-bond acceptors (Lipinski definition) is 5. The van der Waals surface area contributed by atoms with Crippen LogP contribution < -0.4 is 4.90 Å². The first kappa shape index (κ1) is 22.5. The number of anilines is 1. The van der Waals surface area contributed by atoms with Crippen LogP contribution in [0.1, 0.15) is 17.0 Å². The van der Waals surface area contributed by atoms with E-state index in [9.17, 15) is 4.79 Å². The summed E-state index contributed by atoms with van der Waals surface area (Å²) in [5.74, 6) is -0.332. The zero-order valence-corrected chi connectivity index (χ0v) is 20.2. The monoisotopic (exact) mass is 461 g/mol. The summed E-state index contributed by atoms with van der Waals surface area (Å²) in [6, 6.07) is 26.3. The van der Waals surface area contributed by atoms with E-state index >= 15 is 0 Å². The number of nitrogens with zero attached hydrogens (tertiary/aromatic N) is 3. The summed E-state index contributed by atoms with van der Waals surface area (Å²) in [6.45, 7) is 1.34. The summed E-state index contributed by atoms with van der Waals surface area (Å²) in [5.41, 5.74) is 2.91. The Balaban J connectivity index is 1.78. The maximum atomic E-state index is 14.1. The molecule has 0 fully saturated rings. The molecule has 0 saturated heterocycles. The molecular weight excluding hydrogens is 434 g/mol. The van der Waals surface area contributed by atoms with Crippen LogP contribution in [0.25, 0.3) is 10.2 Å². The number of carbonyl (C=O) groups excluding carboxylic acids is 1. The summed E-state index contributed by atoms with van der Waals surface area (Å²) in [7, 11) is 4.05. The molecule has 0 spiro atoms. The summed E-state index contributed by atoms with van der Waals surface area (Å²) < 4.78 is 1.10. The van der Waals surface area contributed by atoms with E-state index in [1.165, 1.54) is 4.90 Å². The molecule has 164 valence electrons. The molecule has 1 aromatic heterocycles. The van der Waals surface area contributed by atoms with Gasteiger partial charge >= 0.3 is 0 Å². The molecule has 1 amide bonds. The quantitative estimate of drug-likeness (QED) is 0.313. The smallest absolute Gasteiger partial charge is 0.240 e. The molecule has 0 aliphatic heterocycles. The topological polar surface area (TPSA) is 36.4 Å². The molecule has 0 radical (unpaired) electrons. The third-order valence-corrected chi connectivity index (χ3v) is 7.13. The van der Waals surface area contributed by atoms with Gasteiger partial charge in [-0.1, -0.05) is 72.0 Å². The molecule has 0 atom stereocenters. The van der Waals surface area contributed by atoms with Crippen LogP contribution in [0.15, 0.2) is 83.8 Å². The molecule has 4 nitrogen and oxygen atoms in total. The molecular formula is C26H27N3OS2. The van der Waals surface area contributed by atoms with E-state index in [-0.39, 0.29) is 11.8 Å². The van der Waals surface area contributed by atoms with E-state index in [4.69, 9.17) is 4.98 Å². The molecule has 0 bridgehead atoms. The first-order chi connectivity index (χ1) is 15.6. The van der Waals surface area contributed by atoms with Gasteiger partial charge in [0, 0.05) is 18.0 Å². The maximum absolute atomic E-state index is 14.1. The Bertz CT molecular complexity index is 1140. The molecule has 1 heterocycles. The van der Waals surface area contributed by atoms with Gasteiger partial charge in [0.2, 0.25) is 5.91 Å². The van der Waals surface area contributed by atoms with Crippen molar-refractivity contribution in [1.29, 1.82) is 0 Å². The molecule has 3 aromatic carbocycles. The molecule has 0 aliphatic carbocycles. The van der Waals surface area contributed by atoms with Crippen LogP contribution in [0.2, 0.25) is 0 Å². The zero-order valence-electron chi connectivity index (χ0n) is 18.6. The lowest BCUT2D eigenvalue weighted by Gasteiger charge is -2.27. The molecule has 0 aliphatic rings. The Hall–Kier alpha value is -2.67. The largest absolute Gasteiger partial charge is 0.308 e. The fraction of sp³-hybridized carbons (Fsp3) is 0.231. The normalized spacial score (nSPS) is 11.4. The van der Waals surface area contributed by atoms with Crippen molar-refractivity contribution in [2.45, 2.75) is 10.8 Å². The number of rotatable bonds is 8. The van der Waals surface area contributed by atoms with Gasteiger partial charge in [-0.3, -0.25) is 9.69 Å². The minimum Gasteiger partial charge on any atom is -0.308 e. The van der Waals surface area contributed by atoms with Crippen molar-refractivity contribution < 1.29 is 4.79 Å². The number of benzene rings is 3. The molecule has 0 unspecified atom stereocenters. The summed E-state index contributed by atoms with van der Waals surface area (Å²) in [5, 5.41) is 0.752. The highest BCUT2D eigenvalue weighted by Crippen LogP contribution is 2.34. The van der Waals surface area contributed by atoms with E-state index in [2.05, 4.69) is 23.3 Å². The molecule has 6 heteroatoms. The molecule has 0 saturated carbocycles. The highest BCUT2D eigenvalue weighted by Gasteiger charge is 2.30. The molecule has 4 aromatic rings. The van der Waals surface area contributed by atoms with E-state index in [0.717, 1.165) is 33.0 Å². The van der Waals surface area contributed by atoms with Crippen molar-refractivity contribution in [2.75, 3.05) is 38.3 Å². The number of carbonyl (C=O) groups is 1. The van der Waals surface area contributed by atoms with Gasteiger partial charge in [-0.2, -0.15) is 0 Å². The van der Waals surface area contributed by atoms with Crippen molar-refractivity contribution in [1.82, 2.24) is 9.88 Å². The van der Waals surface area contributed by atoms with Crippen LogP contribution in [-0.4, -0.2) is 49.2 Å². The second-order valence-corrected chi connectivity index (χ2v) is 9.77. The van der Waals surface area contributed by atoms with Gasteiger partial charge in [0.1, 0.15) is 0 Å². The van der Waals surface area contributed by atoms with Crippen LogP contribution in [0.4, 0.5) is 5.13 Å². The van der Waals surface area contributed by atoms with Crippen molar-refractivity contribution >= 4 is 44.4 Å².